The second-order valence-electron chi connectivity index (χ2n) is 6.95. The second kappa shape index (κ2) is 6.31. The minimum absolute atomic E-state index is 0.0881. The molecular formula is C20H21N3O2. The highest BCUT2D eigenvalue weighted by Crippen LogP contribution is 2.41. The molecule has 1 saturated heterocycles. The van der Waals surface area contributed by atoms with E-state index >= 15 is 0 Å². The quantitative estimate of drug-likeness (QED) is 0.917. The van der Waals surface area contributed by atoms with Gasteiger partial charge in [-0.3, -0.25) is 14.6 Å². The number of para-hydroxylation sites is 1. The molecule has 5 nitrogen and oxygen atoms in total. The Kier molecular flexibility index (Phi) is 3.99. The summed E-state index contributed by atoms with van der Waals surface area (Å²) in [6.45, 7) is 1.25. The van der Waals surface area contributed by atoms with Crippen molar-refractivity contribution in [1.29, 1.82) is 0 Å². The van der Waals surface area contributed by atoms with E-state index in [1.165, 1.54) is 5.56 Å². The Morgan fingerprint density at radius 2 is 1.88 bits per heavy atom. The number of benzene rings is 1. The predicted molar refractivity (Wildman–Crippen MR) is 95.0 cm³/mol. The van der Waals surface area contributed by atoms with E-state index < -0.39 is 0 Å². The van der Waals surface area contributed by atoms with Crippen molar-refractivity contribution in [3.8, 4) is 0 Å². The number of pyridine rings is 1. The fourth-order valence-electron chi connectivity index (χ4n) is 3.85. The number of carbonyl (C=O) groups excluding carboxylic acids is 2. The van der Waals surface area contributed by atoms with Crippen molar-refractivity contribution in [2.24, 2.45) is 5.41 Å². The number of amides is 2. The zero-order chi connectivity index (χ0) is 17.3. The van der Waals surface area contributed by atoms with Gasteiger partial charge in [-0.25, -0.2) is 0 Å². The van der Waals surface area contributed by atoms with Crippen molar-refractivity contribution in [3.05, 3.63) is 59.9 Å². The van der Waals surface area contributed by atoms with Gasteiger partial charge in [0.1, 0.15) is 0 Å². The third kappa shape index (κ3) is 3.02. The molecule has 2 amide bonds. The summed E-state index contributed by atoms with van der Waals surface area (Å²) < 4.78 is 0. The largest absolute Gasteiger partial charge is 0.342 e. The van der Waals surface area contributed by atoms with Crippen LogP contribution in [0.2, 0.25) is 0 Å². The van der Waals surface area contributed by atoms with Crippen LogP contribution in [0.5, 0.6) is 0 Å². The molecule has 128 valence electrons. The van der Waals surface area contributed by atoms with Gasteiger partial charge in [0.2, 0.25) is 11.8 Å². The number of nitrogens with one attached hydrogen (secondary N) is 1. The number of anilines is 1. The van der Waals surface area contributed by atoms with Gasteiger partial charge in [0.05, 0.1) is 11.8 Å². The van der Waals surface area contributed by atoms with Crippen LogP contribution >= 0.6 is 0 Å². The molecule has 5 heteroatoms. The minimum Gasteiger partial charge on any atom is -0.342 e. The van der Waals surface area contributed by atoms with Crippen LogP contribution in [0.4, 0.5) is 5.69 Å². The van der Waals surface area contributed by atoms with E-state index in [1.54, 1.807) is 6.20 Å². The van der Waals surface area contributed by atoms with E-state index in [2.05, 4.69) is 16.4 Å². The van der Waals surface area contributed by atoms with Gasteiger partial charge in [-0.2, -0.15) is 0 Å². The first kappa shape index (κ1) is 15.8. The minimum atomic E-state index is -0.379. The van der Waals surface area contributed by atoms with Crippen LogP contribution < -0.4 is 5.32 Å². The molecule has 2 aromatic rings. The smallest absolute Gasteiger partial charge is 0.231 e. The number of hydrogen-bond donors (Lipinski definition) is 1. The molecule has 1 spiro atoms. The summed E-state index contributed by atoms with van der Waals surface area (Å²) in [5, 5.41) is 3.05. The molecule has 0 saturated carbocycles. The molecule has 2 aliphatic heterocycles. The van der Waals surface area contributed by atoms with Crippen LogP contribution in [0.25, 0.3) is 0 Å². The lowest BCUT2D eigenvalue weighted by Gasteiger charge is -2.43. The Balaban J connectivity index is 1.43. The van der Waals surface area contributed by atoms with Gasteiger partial charge in [0.15, 0.2) is 0 Å². The van der Waals surface area contributed by atoms with Gasteiger partial charge < -0.3 is 10.2 Å². The first-order valence-corrected chi connectivity index (χ1v) is 8.73. The maximum absolute atomic E-state index is 12.7. The van der Waals surface area contributed by atoms with Crippen molar-refractivity contribution < 1.29 is 9.59 Å². The molecule has 0 radical (unpaired) electrons. The fourth-order valence-corrected chi connectivity index (χ4v) is 3.85. The average molecular weight is 335 g/mol. The number of carbonyl (C=O) groups is 2. The van der Waals surface area contributed by atoms with E-state index in [4.69, 9.17) is 0 Å². The van der Waals surface area contributed by atoms with E-state index in [0.29, 0.717) is 32.4 Å². The standard InChI is InChI=1S/C20H21N3O2/c24-18(13-16-6-3-4-10-21-16)23-11-8-20(9-12-23)14-15-5-1-2-7-17(15)22-19(20)25/h1-7,10H,8-9,11-14H2,(H,22,25). The Bertz CT molecular complexity index is 796. The van der Waals surface area contributed by atoms with Gasteiger partial charge in [0.25, 0.3) is 0 Å². The fraction of sp³-hybridized carbons (Fsp3) is 0.350. The van der Waals surface area contributed by atoms with Crippen molar-refractivity contribution >= 4 is 17.5 Å². The summed E-state index contributed by atoms with van der Waals surface area (Å²) in [6, 6.07) is 13.6. The summed E-state index contributed by atoms with van der Waals surface area (Å²) in [6.07, 6.45) is 4.21. The SMILES string of the molecule is O=C(Cc1ccccn1)N1CCC2(CC1)Cc1ccccc1NC2=O. The number of aromatic nitrogens is 1. The van der Waals surface area contributed by atoms with E-state index in [0.717, 1.165) is 17.8 Å². The Hall–Kier alpha value is -2.69. The molecule has 0 unspecified atom stereocenters. The van der Waals surface area contributed by atoms with Gasteiger partial charge in [-0.1, -0.05) is 24.3 Å². The molecule has 0 aliphatic carbocycles. The van der Waals surface area contributed by atoms with Gasteiger partial charge >= 0.3 is 0 Å². The zero-order valence-electron chi connectivity index (χ0n) is 14.1. The molecule has 3 heterocycles. The third-order valence-electron chi connectivity index (χ3n) is 5.41. The number of nitrogens with zero attached hydrogens (tertiary/aromatic N) is 2. The summed E-state index contributed by atoms with van der Waals surface area (Å²) in [5.74, 6) is 0.188. The maximum Gasteiger partial charge on any atom is 0.231 e. The van der Waals surface area contributed by atoms with Crippen molar-refractivity contribution in [1.82, 2.24) is 9.88 Å². The van der Waals surface area contributed by atoms with Crippen molar-refractivity contribution in [3.63, 3.8) is 0 Å². The molecule has 25 heavy (non-hydrogen) atoms. The highest BCUT2D eigenvalue weighted by atomic mass is 16.2. The van der Waals surface area contributed by atoms with Gasteiger partial charge in [-0.05, 0) is 43.0 Å². The maximum atomic E-state index is 12.7. The molecule has 0 atom stereocenters. The van der Waals surface area contributed by atoms with Crippen molar-refractivity contribution in [2.45, 2.75) is 25.7 Å². The number of hydrogen-bond acceptors (Lipinski definition) is 3. The first-order valence-electron chi connectivity index (χ1n) is 8.73. The highest BCUT2D eigenvalue weighted by Gasteiger charge is 2.44. The Morgan fingerprint density at radius 3 is 2.64 bits per heavy atom. The molecule has 2 aliphatic rings. The lowest BCUT2D eigenvalue weighted by molar-refractivity contribution is -0.137. The van der Waals surface area contributed by atoms with Crippen molar-refractivity contribution in [2.75, 3.05) is 18.4 Å². The number of rotatable bonds is 2. The van der Waals surface area contributed by atoms with Gasteiger partial charge in [-0.15, -0.1) is 0 Å². The summed E-state index contributed by atoms with van der Waals surface area (Å²) >= 11 is 0. The topological polar surface area (TPSA) is 62.3 Å². The molecule has 1 aromatic carbocycles. The van der Waals surface area contributed by atoms with E-state index in [1.807, 2.05) is 41.3 Å². The Labute approximate surface area is 147 Å². The lowest BCUT2D eigenvalue weighted by Crippen LogP contribution is -2.51. The highest BCUT2D eigenvalue weighted by molar-refractivity contribution is 5.98. The summed E-state index contributed by atoms with van der Waals surface area (Å²) in [4.78, 5) is 31.3. The Morgan fingerprint density at radius 1 is 1.12 bits per heavy atom. The number of piperidine rings is 1. The van der Waals surface area contributed by atoms with Crippen LogP contribution in [-0.4, -0.2) is 34.8 Å². The van der Waals surface area contributed by atoms with Crippen LogP contribution in [-0.2, 0) is 22.4 Å². The molecular weight excluding hydrogens is 314 g/mol. The van der Waals surface area contributed by atoms with Crippen LogP contribution in [0.1, 0.15) is 24.1 Å². The summed E-state index contributed by atoms with van der Waals surface area (Å²) in [5.41, 5.74) is 2.52. The lowest BCUT2D eigenvalue weighted by atomic mass is 9.71. The predicted octanol–water partition coefficient (Wildman–Crippen LogP) is 2.43. The molecule has 1 fully saturated rings. The van der Waals surface area contributed by atoms with Crippen LogP contribution in [0.15, 0.2) is 48.7 Å². The average Bonchev–Trinajstić information content (AvgIpc) is 2.64. The van der Waals surface area contributed by atoms with Gasteiger partial charge in [0, 0.05) is 30.7 Å². The second-order valence-corrected chi connectivity index (χ2v) is 6.95. The first-order chi connectivity index (χ1) is 12.2. The molecule has 1 aromatic heterocycles. The number of likely N-dealkylation sites (tertiary alicyclic amines) is 1. The number of fused-ring (bicyclic) bond motifs is 1. The van der Waals surface area contributed by atoms with E-state index in [-0.39, 0.29) is 17.2 Å². The van der Waals surface area contributed by atoms with Crippen LogP contribution in [0.3, 0.4) is 0 Å². The zero-order valence-corrected chi connectivity index (χ0v) is 14.1. The third-order valence-corrected chi connectivity index (χ3v) is 5.41. The molecule has 1 N–H and O–H groups in total. The molecule has 0 bridgehead atoms. The molecule has 4 rings (SSSR count). The monoisotopic (exact) mass is 335 g/mol. The summed E-state index contributed by atoms with van der Waals surface area (Å²) in [7, 11) is 0. The normalized spacial score (nSPS) is 18.6. The van der Waals surface area contributed by atoms with E-state index in [9.17, 15) is 9.59 Å². The van der Waals surface area contributed by atoms with Crippen LogP contribution in [0, 0.1) is 5.41 Å².